The van der Waals surface area contributed by atoms with Crippen molar-refractivity contribution >= 4 is 0 Å². The maximum atomic E-state index is 13.9. The molecule has 1 aromatic rings. The summed E-state index contributed by atoms with van der Waals surface area (Å²) in [7, 11) is 1.92. The monoisotopic (exact) mass is 248 g/mol. The first-order valence-corrected chi connectivity index (χ1v) is 6.92. The van der Waals surface area contributed by atoms with E-state index in [2.05, 4.69) is 10.2 Å². The highest BCUT2D eigenvalue weighted by Crippen LogP contribution is 2.38. The minimum atomic E-state index is -0.0578. The van der Waals surface area contributed by atoms with E-state index in [0.29, 0.717) is 6.04 Å². The summed E-state index contributed by atoms with van der Waals surface area (Å²) in [6.07, 6.45) is 4.02. The standard InChI is InChI=1S/C15H21FN2/c1-17-8-11-3-5-15(16)13(6-11)10-18-9-12-2-4-14(18)7-12/h3,5-6,12,14,17H,2,4,7-10H2,1H3. The zero-order valence-corrected chi connectivity index (χ0v) is 11.0. The Bertz CT molecular complexity index is 433. The molecule has 18 heavy (non-hydrogen) atoms. The second-order valence-corrected chi connectivity index (χ2v) is 5.72. The molecule has 2 unspecified atom stereocenters. The highest BCUT2D eigenvalue weighted by molar-refractivity contribution is 5.25. The number of piperidine rings is 1. The third-order valence-corrected chi connectivity index (χ3v) is 4.39. The Balaban J connectivity index is 1.73. The molecule has 1 saturated heterocycles. The molecule has 1 N–H and O–H groups in total. The third-order valence-electron chi connectivity index (χ3n) is 4.39. The lowest BCUT2D eigenvalue weighted by molar-refractivity contribution is 0.203. The van der Waals surface area contributed by atoms with Gasteiger partial charge in [-0.2, -0.15) is 0 Å². The van der Waals surface area contributed by atoms with E-state index in [1.54, 1.807) is 6.07 Å². The molecule has 0 spiro atoms. The first-order valence-electron chi connectivity index (χ1n) is 6.92. The zero-order valence-electron chi connectivity index (χ0n) is 11.0. The van der Waals surface area contributed by atoms with Crippen LogP contribution in [0.1, 0.15) is 30.4 Å². The largest absolute Gasteiger partial charge is 0.316 e. The van der Waals surface area contributed by atoms with Crippen molar-refractivity contribution in [1.29, 1.82) is 0 Å². The first kappa shape index (κ1) is 12.1. The smallest absolute Gasteiger partial charge is 0.127 e. The molecule has 3 rings (SSSR count). The Morgan fingerprint density at radius 2 is 2.28 bits per heavy atom. The fourth-order valence-electron chi connectivity index (χ4n) is 3.50. The second-order valence-electron chi connectivity index (χ2n) is 5.72. The van der Waals surface area contributed by atoms with Crippen molar-refractivity contribution in [3.8, 4) is 0 Å². The molecule has 1 aliphatic carbocycles. The molecule has 2 aliphatic rings. The van der Waals surface area contributed by atoms with Gasteiger partial charge in [-0.25, -0.2) is 4.39 Å². The van der Waals surface area contributed by atoms with Gasteiger partial charge in [-0.3, -0.25) is 4.90 Å². The third kappa shape index (κ3) is 2.29. The first-order chi connectivity index (χ1) is 8.76. The molecular weight excluding hydrogens is 227 g/mol. The predicted molar refractivity (Wildman–Crippen MR) is 70.7 cm³/mol. The second kappa shape index (κ2) is 4.98. The normalized spacial score (nSPS) is 27.0. The Morgan fingerprint density at radius 1 is 1.39 bits per heavy atom. The Kier molecular flexibility index (Phi) is 3.35. The van der Waals surface area contributed by atoms with Crippen molar-refractivity contribution < 1.29 is 4.39 Å². The predicted octanol–water partition coefficient (Wildman–Crippen LogP) is 2.53. The van der Waals surface area contributed by atoms with E-state index in [-0.39, 0.29) is 5.82 Å². The Morgan fingerprint density at radius 3 is 2.94 bits per heavy atom. The van der Waals surface area contributed by atoms with E-state index in [4.69, 9.17) is 0 Å². The fraction of sp³-hybridized carbons (Fsp3) is 0.600. The van der Waals surface area contributed by atoms with Crippen LogP contribution in [0.2, 0.25) is 0 Å². The quantitative estimate of drug-likeness (QED) is 0.881. The van der Waals surface area contributed by atoms with Crippen LogP contribution in [0.5, 0.6) is 0 Å². The lowest BCUT2D eigenvalue weighted by Gasteiger charge is -2.27. The molecule has 3 heteroatoms. The molecule has 0 amide bonds. The number of halogens is 1. The molecule has 1 saturated carbocycles. The number of likely N-dealkylation sites (tertiary alicyclic amines) is 1. The van der Waals surface area contributed by atoms with Crippen LogP contribution in [0.3, 0.4) is 0 Å². The number of hydrogen-bond acceptors (Lipinski definition) is 2. The molecular formula is C15H21FN2. The van der Waals surface area contributed by atoms with Gasteiger partial charge in [-0.05, 0) is 43.9 Å². The Hall–Kier alpha value is -0.930. The molecule has 2 bridgehead atoms. The average Bonchev–Trinajstić information content (AvgIpc) is 2.96. The van der Waals surface area contributed by atoms with Gasteiger partial charge in [0.2, 0.25) is 0 Å². The van der Waals surface area contributed by atoms with Crippen LogP contribution in [0, 0.1) is 11.7 Å². The van der Waals surface area contributed by atoms with Crippen molar-refractivity contribution in [2.75, 3.05) is 13.6 Å². The maximum absolute atomic E-state index is 13.9. The van der Waals surface area contributed by atoms with Crippen molar-refractivity contribution in [1.82, 2.24) is 10.2 Å². The number of nitrogens with one attached hydrogen (secondary N) is 1. The highest BCUT2D eigenvalue weighted by atomic mass is 19.1. The van der Waals surface area contributed by atoms with E-state index in [9.17, 15) is 4.39 Å². The van der Waals surface area contributed by atoms with Crippen LogP contribution < -0.4 is 5.32 Å². The summed E-state index contributed by atoms with van der Waals surface area (Å²) < 4.78 is 13.9. The summed E-state index contributed by atoms with van der Waals surface area (Å²) in [5.74, 6) is 0.816. The van der Waals surface area contributed by atoms with Crippen molar-refractivity contribution in [3.05, 3.63) is 35.1 Å². The van der Waals surface area contributed by atoms with Crippen LogP contribution >= 0.6 is 0 Å². The average molecular weight is 248 g/mol. The van der Waals surface area contributed by atoms with Gasteiger partial charge in [-0.15, -0.1) is 0 Å². The van der Waals surface area contributed by atoms with Gasteiger partial charge in [0.05, 0.1) is 0 Å². The molecule has 2 atom stereocenters. The lowest BCUT2D eigenvalue weighted by atomic mass is 10.1. The topological polar surface area (TPSA) is 15.3 Å². The summed E-state index contributed by atoms with van der Waals surface area (Å²) in [6, 6.07) is 6.20. The molecule has 1 aromatic carbocycles. The summed E-state index contributed by atoms with van der Waals surface area (Å²) in [6.45, 7) is 2.75. The fourth-order valence-corrected chi connectivity index (χ4v) is 3.50. The molecule has 1 heterocycles. The molecule has 98 valence electrons. The molecule has 2 nitrogen and oxygen atoms in total. The number of benzene rings is 1. The van der Waals surface area contributed by atoms with E-state index >= 15 is 0 Å². The highest BCUT2D eigenvalue weighted by Gasteiger charge is 2.37. The van der Waals surface area contributed by atoms with Gasteiger partial charge >= 0.3 is 0 Å². The SMILES string of the molecule is CNCc1ccc(F)c(CN2CC3CCC2C3)c1. The van der Waals surface area contributed by atoms with Crippen LogP contribution in [0.4, 0.5) is 4.39 Å². The van der Waals surface area contributed by atoms with Crippen LogP contribution in [0.25, 0.3) is 0 Å². The maximum Gasteiger partial charge on any atom is 0.127 e. The summed E-state index contributed by atoms with van der Waals surface area (Å²) in [5.41, 5.74) is 2.02. The minimum Gasteiger partial charge on any atom is -0.316 e. The molecule has 0 aromatic heterocycles. The summed E-state index contributed by atoms with van der Waals surface area (Å²) in [4.78, 5) is 2.47. The number of fused-ring (bicyclic) bond motifs is 2. The number of hydrogen-bond donors (Lipinski definition) is 1. The zero-order chi connectivity index (χ0) is 12.5. The van der Waals surface area contributed by atoms with Crippen molar-refractivity contribution in [2.45, 2.75) is 38.4 Å². The van der Waals surface area contributed by atoms with Crippen LogP contribution in [0.15, 0.2) is 18.2 Å². The molecule has 1 aliphatic heterocycles. The van der Waals surface area contributed by atoms with Gasteiger partial charge in [0, 0.05) is 31.2 Å². The van der Waals surface area contributed by atoms with Crippen LogP contribution in [-0.2, 0) is 13.1 Å². The van der Waals surface area contributed by atoms with Crippen LogP contribution in [-0.4, -0.2) is 24.5 Å². The lowest BCUT2D eigenvalue weighted by Crippen LogP contribution is -2.31. The van der Waals surface area contributed by atoms with E-state index < -0.39 is 0 Å². The van der Waals surface area contributed by atoms with Crippen molar-refractivity contribution in [3.63, 3.8) is 0 Å². The van der Waals surface area contributed by atoms with E-state index in [1.165, 1.54) is 31.4 Å². The van der Waals surface area contributed by atoms with Gasteiger partial charge in [0.15, 0.2) is 0 Å². The number of rotatable bonds is 4. The van der Waals surface area contributed by atoms with Gasteiger partial charge < -0.3 is 5.32 Å². The van der Waals surface area contributed by atoms with E-state index in [1.807, 2.05) is 19.2 Å². The number of nitrogens with zero attached hydrogens (tertiary/aromatic N) is 1. The Labute approximate surface area is 108 Å². The molecule has 0 radical (unpaired) electrons. The van der Waals surface area contributed by atoms with Gasteiger partial charge in [0.25, 0.3) is 0 Å². The summed E-state index contributed by atoms with van der Waals surface area (Å²) >= 11 is 0. The minimum absolute atomic E-state index is 0.0578. The summed E-state index contributed by atoms with van der Waals surface area (Å²) in [5, 5.41) is 3.12. The van der Waals surface area contributed by atoms with Gasteiger partial charge in [-0.1, -0.05) is 12.1 Å². The van der Waals surface area contributed by atoms with Gasteiger partial charge in [0.1, 0.15) is 5.82 Å². The van der Waals surface area contributed by atoms with Crippen molar-refractivity contribution in [2.24, 2.45) is 5.92 Å². The molecule has 2 fully saturated rings. The van der Waals surface area contributed by atoms with E-state index in [0.717, 1.165) is 24.6 Å².